The Bertz CT molecular complexity index is 1250. The quantitative estimate of drug-likeness (QED) is 0.430. The zero-order valence-electron chi connectivity index (χ0n) is 25.0. The van der Waals surface area contributed by atoms with Gasteiger partial charge in [-0.2, -0.15) is 0 Å². The molecule has 5 unspecified atom stereocenters. The van der Waals surface area contributed by atoms with Gasteiger partial charge in [-0.05, 0) is 31.0 Å². The number of carbonyl (C=O) groups excluding carboxylic acids is 2. The molecule has 1 aromatic carbocycles. The zero-order valence-corrected chi connectivity index (χ0v) is 25.0. The van der Waals surface area contributed by atoms with E-state index in [0.717, 1.165) is 0 Å². The first-order chi connectivity index (χ1) is 20.2. The molecule has 10 nitrogen and oxygen atoms in total. The average Bonchev–Trinajstić information content (AvgIpc) is 3.33. The van der Waals surface area contributed by atoms with E-state index in [4.69, 9.17) is 23.7 Å². The number of esters is 1. The lowest BCUT2D eigenvalue weighted by Gasteiger charge is -2.69. The number of rotatable bonds is 8. The molecule has 42 heavy (non-hydrogen) atoms. The molecule has 7 bridgehead atoms. The zero-order chi connectivity index (χ0) is 29.8. The van der Waals surface area contributed by atoms with Crippen LogP contribution in [0.1, 0.15) is 30.1 Å². The predicted molar refractivity (Wildman–Crippen MR) is 148 cm³/mol. The summed E-state index contributed by atoms with van der Waals surface area (Å²) in [7, 11) is 6.49. The van der Waals surface area contributed by atoms with Gasteiger partial charge in [-0.1, -0.05) is 25.1 Å². The Hall–Kier alpha value is -1.92. The van der Waals surface area contributed by atoms with Gasteiger partial charge in [-0.15, -0.1) is 0 Å². The fourth-order valence-corrected chi connectivity index (χ4v) is 11.7. The van der Waals surface area contributed by atoms with Crippen molar-refractivity contribution in [2.24, 2.45) is 40.4 Å². The van der Waals surface area contributed by atoms with Crippen LogP contribution < -0.4 is 0 Å². The summed E-state index contributed by atoms with van der Waals surface area (Å²) >= 11 is 0. The third-order valence-electron chi connectivity index (χ3n) is 12.5. The molecule has 10 heteroatoms. The SMILES string of the molecule is CCN1C[C@]2(COC)[C@H](O)CC(OC)C34C1C([C@H]1C(=O)[C@H](OC)[C@]5(O)C[C@@H]3[C@@H]1C5OC(=O)c1ccccc1)[C@H](OC)[C@@H]42. The van der Waals surface area contributed by atoms with E-state index in [-0.39, 0.29) is 48.2 Å². The molecule has 1 spiro atoms. The van der Waals surface area contributed by atoms with Crippen molar-refractivity contribution >= 4 is 11.8 Å². The first-order valence-electron chi connectivity index (χ1n) is 15.2. The molecule has 6 aliphatic rings. The topological polar surface area (TPSA) is 124 Å². The molecule has 0 amide bonds. The summed E-state index contributed by atoms with van der Waals surface area (Å²) in [5.41, 5.74) is -2.56. The van der Waals surface area contributed by atoms with Crippen LogP contribution in [0.3, 0.4) is 0 Å². The van der Waals surface area contributed by atoms with E-state index in [9.17, 15) is 19.8 Å². The van der Waals surface area contributed by atoms with Gasteiger partial charge in [0.15, 0.2) is 5.78 Å². The molecule has 6 fully saturated rings. The number of hydrogen-bond acceptors (Lipinski definition) is 10. The molecular weight excluding hydrogens is 542 g/mol. The van der Waals surface area contributed by atoms with Gasteiger partial charge in [-0.25, -0.2) is 4.79 Å². The fourth-order valence-electron chi connectivity index (χ4n) is 11.7. The van der Waals surface area contributed by atoms with E-state index in [1.165, 1.54) is 7.11 Å². The number of carbonyl (C=O) groups is 2. The number of ether oxygens (including phenoxy) is 5. The number of aliphatic hydroxyl groups is 2. The Balaban J connectivity index is 1.45. The molecule has 1 aromatic rings. The van der Waals surface area contributed by atoms with Crippen LogP contribution in [0.2, 0.25) is 0 Å². The Morgan fingerprint density at radius 2 is 1.81 bits per heavy atom. The van der Waals surface area contributed by atoms with Crippen LogP contribution in [-0.4, -0.2) is 117 Å². The summed E-state index contributed by atoms with van der Waals surface area (Å²) in [6.45, 7) is 3.77. The maximum absolute atomic E-state index is 14.5. The minimum atomic E-state index is -1.70. The van der Waals surface area contributed by atoms with Crippen LogP contribution in [0.15, 0.2) is 30.3 Å². The summed E-state index contributed by atoms with van der Waals surface area (Å²) in [4.78, 5) is 30.4. The summed E-state index contributed by atoms with van der Waals surface area (Å²) in [6, 6.07) is 8.65. The first-order valence-corrected chi connectivity index (χ1v) is 15.2. The Morgan fingerprint density at radius 3 is 2.43 bits per heavy atom. The lowest BCUT2D eigenvalue weighted by molar-refractivity contribution is -0.280. The second-order valence-electron chi connectivity index (χ2n) is 13.5. The fraction of sp³-hybridized carbons (Fsp3) is 0.750. The highest BCUT2D eigenvalue weighted by atomic mass is 16.6. The number of likely N-dealkylation sites (tertiary alicyclic amines) is 1. The molecule has 14 atom stereocenters. The van der Waals surface area contributed by atoms with Gasteiger partial charge >= 0.3 is 5.97 Å². The number of nitrogens with zero attached hydrogens (tertiary/aromatic N) is 1. The second kappa shape index (κ2) is 9.79. The lowest BCUT2D eigenvalue weighted by Crippen LogP contribution is -2.77. The van der Waals surface area contributed by atoms with Crippen molar-refractivity contribution in [3.8, 4) is 0 Å². The molecule has 5 saturated carbocycles. The van der Waals surface area contributed by atoms with Crippen LogP contribution in [-0.2, 0) is 28.5 Å². The van der Waals surface area contributed by atoms with Crippen LogP contribution in [0.4, 0.5) is 0 Å². The third-order valence-corrected chi connectivity index (χ3v) is 12.5. The number of aliphatic hydroxyl groups excluding tert-OH is 1. The van der Waals surface area contributed by atoms with Crippen LogP contribution >= 0.6 is 0 Å². The summed E-state index contributed by atoms with van der Waals surface area (Å²) in [5.74, 6) is -2.42. The normalized spacial score (nSPS) is 50.2. The van der Waals surface area contributed by atoms with Crippen molar-refractivity contribution in [2.45, 2.75) is 61.9 Å². The molecule has 2 N–H and O–H groups in total. The van der Waals surface area contributed by atoms with Crippen molar-refractivity contribution < 1.29 is 43.5 Å². The van der Waals surface area contributed by atoms with Crippen molar-refractivity contribution in [2.75, 3.05) is 48.1 Å². The maximum atomic E-state index is 14.5. The van der Waals surface area contributed by atoms with E-state index in [1.807, 2.05) is 6.07 Å². The monoisotopic (exact) mass is 585 g/mol. The van der Waals surface area contributed by atoms with Gasteiger partial charge in [0.25, 0.3) is 0 Å². The molecule has 230 valence electrons. The molecule has 0 aromatic heterocycles. The molecular formula is C32H43NO9. The molecule has 5 aliphatic carbocycles. The molecule has 1 saturated heterocycles. The van der Waals surface area contributed by atoms with Crippen molar-refractivity contribution in [3.05, 3.63) is 35.9 Å². The van der Waals surface area contributed by atoms with Gasteiger partial charge in [0.05, 0.1) is 30.5 Å². The van der Waals surface area contributed by atoms with Gasteiger partial charge in [0.2, 0.25) is 0 Å². The summed E-state index contributed by atoms with van der Waals surface area (Å²) in [5, 5.41) is 24.4. The standard InChI is InChI=1S/C32H43NO9/c1-6-33-14-30(15-38-2)18(34)12-19(39-3)32-17-13-31(37)27(42-29(36)16-10-8-7-9-11-16)20(17)21(23(35)28(31)41-5)22(26(32)33)24(40-4)25(30)32/h7-11,17-22,24-28,34,37H,6,12-15H2,1-5H3/t17-,18-,19?,20+,21+,22?,24+,25-,26?,27?,28+,30+,31+,32?/m1/s1. The highest BCUT2D eigenvalue weighted by Gasteiger charge is 2.87. The van der Waals surface area contributed by atoms with Gasteiger partial charge in [-0.3, -0.25) is 9.69 Å². The van der Waals surface area contributed by atoms with E-state index < -0.39 is 52.5 Å². The Morgan fingerprint density at radius 1 is 1.07 bits per heavy atom. The smallest absolute Gasteiger partial charge is 0.338 e. The number of fused-ring (bicyclic) bond motifs is 2. The average molecular weight is 586 g/mol. The van der Waals surface area contributed by atoms with E-state index in [2.05, 4.69) is 11.8 Å². The summed E-state index contributed by atoms with van der Waals surface area (Å²) in [6.07, 6.45) is -2.90. The lowest BCUT2D eigenvalue weighted by atomic mass is 9.43. The predicted octanol–water partition coefficient (Wildman–Crippen LogP) is 1.17. The van der Waals surface area contributed by atoms with Crippen LogP contribution in [0.5, 0.6) is 0 Å². The first kappa shape index (κ1) is 28.8. The number of benzene rings is 1. The third kappa shape index (κ3) is 3.19. The largest absolute Gasteiger partial charge is 0.455 e. The van der Waals surface area contributed by atoms with E-state index in [1.54, 1.807) is 45.6 Å². The highest BCUT2D eigenvalue weighted by Crippen LogP contribution is 2.78. The van der Waals surface area contributed by atoms with Crippen LogP contribution in [0, 0.1) is 40.4 Å². The minimum absolute atomic E-state index is 0.0847. The van der Waals surface area contributed by atoms with E-state index in [0.29, 0.717) is 31.7 Å². The number of ketones is 1. The van der Waals surface area contributed by atoms with Gasteiger partial charge in [0, 0.05) is 81.9 Å². The Labute approximate surface area is 246 Å². The molecule has 0 radical (unpaired) electrons. The maximum Gasteiger partial charge on any atom is 0.338 e. The summed E-state index contributed by atoms with van der Waals surface area (Å²) < 4.78 is 30.6. The van der Waals surface area contributed by atoms with Gasteiger partial charge in [0.1, 0.15) is 17.8 Å². The van der Waals surface area contributed by atoms with Crippen molar-refractivity contribution in [3.63, 3.8) is 0 Å². The number of Topliss-reactive ketones (excluding diaryl/α,β-unsaturated/α-hetero) is 1. The molecule has 1 heterocycles. The second-order valence-corrected chi connectivity index (χ2v) is 13.5. The Kier molecular flexibility index (Phi) is 6.72. The highest BCUT2D eigenvalue weighted by molar-refractivity contribution is 5.92. The number of piperidine rings is 1. The molecule has 7 rings (SSSR count). The van der Waals surface area contributed by atoms with Gasteiger partial charge < -0.3 is 33.9 Å². The van der Waals surface area contributed by atoms with E-state index >= 15 is 0 Å². The van der Waals surface area contributed by atoms with Crippen LogP contribution in [0.25, 0.3) is 0 Å². The number of methoxy groups -OCH3 is 4. The molecule has 1 aliphatic heterocycles. The van der Waals surface area contributed by atoms with Crippen molar-refractivity contribution in [1.82, 2.24) is 4.90 Å². The minimum Gasteiger partial charge on any atom is -0.455 e. The van der Waals surface area contributed by atoms with Crippen molar-refractivity contribution in [1.29, 1.82) is 0 Å². The number of hydrogen-bond donors (Lipinski definition) is 2.